The highest BCUT2D eigenvalue weighted by Crippen LogP contribution is 2.46. The topological polar surface area (TPSA) is 59.9 Å². The van der Waals surface area contributed by atoms with Crippen molar-refractivity contribution in [2.45, 2.75) is 0 Å². The molecule has 0 amide bonds. The summed E-state index contributed by atoms with van der Waals surface area (Å²) >= 11 is 10.6. The molecule has 0 saturated carbocycles. The zero-order chi connectivity index (χ0) is 100. The summed E-state index contributed by atoms with van der Waals surface area (Å²) < 4.78 is 3.24. The first kappa shape index (κ1) is 96.7. The van der Waals surface area contributed by atoms with Gasteiger partial charge < -0.3 is 39.4 Å². The summed E-state index contributed by atoms with van der Waals surface area (Å²) in [6.45, 7) is 0. The predicted octanol–water partition coefficient (Wildman–Crippen LogP) is 38.8. The molecular weight excluding hydrogens is 2000 g/mol. The Balaban J connectivity index is 0.000000135. The fraction of sp³-hybridized carbons (Fsp3) is 0. The molecule has 0 fully saturated rings. The lowest BCUT2D eigenvalue weighted by atomic mass is 9.79. The van der Waals surface area contributed by atoms with E-state index < -0.39 is 7.12 Å². The Bertz CT molecular complexity index is 8120. The van der Waals surface area contributed by atoms with E-state index in [-0.39, 0.29) is 0 Å². The smallest absolute Gasteiger partial charge is 0.423 e. The SMILES string of the molecule is Brc1ccc(N(c2ccc(Br)cc2)c2ccc(-c3ccccc3)cc2)cc1.Brc1ccc2cc(N(c3ccccc3)c3ccccc3)ccc2c1.OB(O)c1ccc2cc(N(c3ccccc3)c3ccccc3)ccc2c1.c1ccc(-c2ccc(N(c3ccc(-c4ccc5cc(N(c6ccccc6)c6ccccc6)ccc5c4)cc3)c3ccc(-c4ccc5cc(N(c6ccccc6)c6ccccc6)ccc5c4)cc3)cc2)cc1. The van der Waals surface area contributed by atoms with Crippen LogP contribution in [0.25, 0.3) is 87.6 Å². The number of benzene rings is 24. The summed E-state index contributed by atoms with van der Waals surface area (Å²) in [6.07, 6.45) is 0. The molecule has 0 bridgehead atoms. The van der Waals surface area contributed by atoms with Gasteiger partial charge in [-0.3, -0.25) is 0 Å². The van der Waals surface area contributed by atoms with E-state index in [1.807, 2.05) is 66.7 Å². The lowest BCUT2D eigenvalue weighted by Gasteiger charge is -2.26. The molecule has 0 unspecified atom stereocenters. The molecule has 0 heterocycles. The highest BCUT2D eigenvalue weighted by atomic mass is 79.9. The average molecular weight is 2100 g/mol. The third-order valence-electron chi connectivity index (χ3n) is 26.3. The Labute approximate surface area is 890 Å². The van der Waals surface area contributed by atoms with Crippen LogP contribution in [0.2, 0.25) is 0 Å². The third kappa shape index (κ3) is 22.8. The second-order valence-corrected chi connectivity index (χ2v) is 38.6. The normalized spacial score (nSPS) is 10.9. The number of hydrogen-bond acceptors (Lipinski definition) is 8. The van der Waals surface area contributed by atoms with Gasteiger partial charge in [-0.15, -0.1) is 0 Å². The van der Waals surface area contributed by atoms with Crippen molar-refractivity contribution in [3.8, 4) is 44.5 Å². The van der Waals surface area contributed by atoms with E-state index >= 15 is 0 Å². The molecule has 0 aromatic heterocycles. The summed E-state index contributed by atoms with van der Waals surface area (Å²) in [6, 6.07) is 209. The van der Waals surface area contributed by atoms with Gasteiger partial charge in [-0.25, -0.2) is 0 Å². The molecule has 0 aliphatic heterocycles. The molecule has 24 aromatic rings. The van der Waals surface area contributed by atoms with Crippen molar-refractivity contribution < 1.29 is 10.0 Å². The van der Waals surface area contributed by atoms with Crippen LogP contribution >= 0.6 is 47.8 Å². The zero-order valence-corrected chi connectivity index (χ0v) is 85.6. The Morgan fingerprint density at radius 1 is 0.122 bits per heavy atom. The van der Waals surface area contributed by atoms with Gasteiger partial charge in [0.05, 0.1) is 0 Å². The van der Waals surface area contributed by atoms with Crippen molar-refractivity contribution in [3.05, 3.63) is 608 Å². The van der Waals surface area contributed by atoms with Gasteiger partial charge in [0, 0.05) is 116 Å². The second-order valence-electron chi connectivity index (χ2n) is 35.9. The lowest BCUT2D eigenvalue weighted by Crippen LogP contribution is -2.29. The minimum atomic E-state index is -1.45. The molecule has 24 rings (SSSR count). The Kier molecular flexibility index (Phi) is 30.1. The van der Waals surface area contributed by atoms with Gasteiger partial charge in [0.2, 0.25) is 0 Å². The van der Waals surface area contributed by atoms with Crippen molar-refractivity contribution >= 4 is 206 Å². The maximum absolute atomic E-state index is 9.37. The Morgan fingerprint density at radius 2 is 0.277 bits per heavy atom. The molecule has 0 saturated heterocycles. The van der Waals surface area contributed by atoms with Crippen molar-refractivity contribution in [3.63, 3.8) is 0 Å². The summed E-state index contributed by atoms with van der Waals surface area (Å²) in [4.78, 5) is 13.7. The first-order valence-corrected chi connectivity index (χ1v) is 51.7. The third-order valence-corrected chi connectivity index (χ3v) is 27.8. The number of nitrogens with zero attached hydrogens (tertiary/aromatic N) is 6. The molecule has 8 nitrogen and oxygen atoms in total. The largest absolute Gasteiger partial charge is 0.488 e. The molecule has 710 valence electrons. The van der Waals surface area contributed by atoms with E-state index in [2.05, 4.69) is 593 Å². The molecule has 12 heteroatoms. The van der Waals surface area contributed by atoms with E-state index in [1.54, 1.807) is 12.1 Å². The van der Waals surface area contributed by atoms with E-state index in [4.69, 9.17) is 0 Å². The van der Waals surface area contributed by atoms with Crippen LogP contribution in [0.4, 0.5) is 102 Å². The van der Waals surface area contributed by atoms with Gasteiger partial charge in [0.15, 0.2) is 0 Å². The van der Waals surface area contributed by atoms with Crippen LogP contribution in [-0.2, 0) is 0 Å². The Hall–Kier alpha value is -17.5. The van der Waals surface area contributed by atoms with Gasteiger partial charge >= 0.3 is 7.12 Å². The van der Waals surface area contributed by atoms with E-state index in [0.29, 0.717) is 5.46 Å². The van der Waals surface area contributed by atoms with Crippen molar-refractivity contribution in [2.75, 3.05) is 29.4 Å². The number of anilines is 18. The number of fused-ring (bicyclic) bond motifs is 4. The van der Waals surface area contributed by atoms with Gasteiger partial charge in [-0.05, 0) is 360 Å². The molecular formula is C136H100BBr3N6O2. The van der Waals surface area contributed by atoms with Crippen molar-refractivity contribution in [1.29, 1.82) is 0 Å². The molecule has 0 atom stereocenters. The molecule has 24 aromatic carbocycles. The standard InChI is InChI=1S/C68H49N3.C24H17Br2N.C22H18BNO2.C22H16BrN/c1-6-16-50(17-7-1)51-30-38-64(39-31-51)69(65-40-32-52(33-41-65)54-26-28-58-48-67(44-36-56(58)46-54)70(60-18-8-2-9-19-60)61-20-10-3-11-21-61)66-42-34-53(35-43-66)55-27-29-59-49-68(45-37-57(59)47-55)71(62-22-12-4-13-23-62)63-24-14-5-15-25-63;25-20-8-14-23(15-9-20)27(24-16-10-21(26)11-17-24)22-12-6-19(7-13-22)18-4-2-1-3-5-18;25-23(26)19-13-11-18-16-22(14-12-17(18)15-19)24(20-7-3-1-4-8-20)21-9-5-2-6-10-21;23-19-13-11-18-16-22(14-12-17(18)15-19)24(20-7-3-1-4-8-20)21-9-5-2-6-10-21/h1-49H;1-17H;1-16,25-26H;1-16H. The van der Waals surface area contributed by atoms with Gasteiger partial charge in [0.25, 0.3) is 0 Å². The minimum absolute atomic E-state index is 0.494. The molecule has 0 aliphatic rings. The summed E-state index contributed by atoms with van der Waals surface area (Å²) in [5.41, 5.74) is 30.1. The second kappa shape index (κ2) is 46.1. The van der Waals surface area contributed by atoms with E-state index in [0.717, 1.165) is 127 Å². The predicted molar refractivity (Wildman–Crippen MR) is 639 cm³/mol. The fourth-order valence-electron chi connectivity index (χ4n) is 19.0. The fourth-order valence-corrected chi connectivity index (χ4v) is 19.9. The average Bonchev–Trinajstić information content (AvgIpc) is 0.804. The van der Waals surface area contributed by atoms with Gasteiger partial charge in [-0.1, -0.05) is 375 Å². The first-order chi connectivity index (χ1) is 72.9. The van der Waals surface area contributed by atoms with Crippen LogP contribution in [0.5, 0.6) is 0 Å². The van der Waals surface area contributed by atoms with Crippen LogP contribution in [-0.4, -0.2) is 17.2 Å². The quantitative estimate of drug-likeness (QED) is 0.0615. The van der Waals surface area contributed by atoms with Crippen LogP contribution in [0.15, 0.2) is 608 Å². The summed E-state index contributed by atoms with van der Waals surface area (Å²) in [5, 5.41) is 28.0. The van der Waals surface area contributed by atoms with Crippen LogP contribution in [0.3, 0.4) is 0 Å². The highest BCUT2D eigenvalue weighted by Gasteiger charge is 2.23. The zero-order valence-electron chi connectivity index (χ0n) is 80.9. The minimum Gasteiger partial charge on any atom is -0.423 e. The maximum Gasteiger partial charge on any atom is 0.488 e. The van der Waals surface area contributed by atoms with Crippen LogP contribution < -0.4 is 34.9 Å². The van der Waals surface area contributed by atoms with E-state index in [1.165, 1.54) is 76.8 Å². The Morgan fingerprint density at radius 3 is 0.527 bits per heavy atom. The summed E-state index contributed by atoms with van der Waals surface area (Å²) in [5.74, 6) is 0. The number of hydrogen-bond donors (Lipinski definition) is 2. The van der Waals surface area contributed by atoms with E-state index in [9.17, 15) is 10.0 Å². The highest BCUT2D eigenvalue weighted by molar-refractivity contribution is 9.11. The molecule has 0 spiro atoms. The number of para-hydroxylation sites is 8. The molecule has 2 N–H and O–H groups in total. The lowest BCUT2D eigenvalue weighted by molar-refractivity contribution is 0.426. The molecule has 148 heavy (non-hydrogen) atoms. The monoisotopic (exact) mass is 2100 g/mol. The van der Waals surface area contributed by atoms with Gasteiger partial charge in [-0.2, -0.15) is 0 Å². The summed E-state index contributed by atoms with van der Waals surface area (Å²) in [7, 11) is -1.45. The van der Waals surface area contributed by atoms with Crippen molar-refractivity contribution in [1.82, 2.24) is 0 Å². The van der Waals surface area contributed by atoms with Gasteiger partial charge in [0.1, 0.15) is 0 Å². The first-order valence-electron chi connectivity index (χ1n) is 49.3. The maximum atomic E-state index is 9.37. The molecule has 0 aliphatic carbocycles. The van der Waals surface area contributed by atoms with Crippen LogP contribution in [0.1, 0.15) is 0 Å². The van der Waals surface area contributed by atoms with Crippen LogP contribution in [0, 0.1) is 0 Å². The number of rotatable bonds is 23. The molecule has 0 radical (unpaired) electrons. The number of halogens is 3. The van der Waals surface area contributed by atoms with Crippen molar-refractivity contribution in [2.24, 2.45) is 0 Å².